The lowest BCUT2D eigenvalue weighted by atomic mass is 9.98. The fourth-order valence-corrected chi connectivity index (χ4v) is 17.0. The third-order valence-corrected chi connectivity index (χ3v) is 24.4. The summed E-state index contributed by atoms with van der Waals surface area (Å²) < 4.78 is 256. The number of aromatic nitrogens is 3. The Bertz CT molecular complexity index is 5680. The average molecular weight is 1600 g/mol. The van der Waals surface area contributed by atoms with Crippen LogP contribution in [0.2, 0.25) is 0 Å². The number of sulfonamides is 3. The molecule has 35 heteroatoms. The van der Waals surface area contributed by atoms with Crippen molar-refractivity contribution in [3.8, 4) is 0 Å². The van der Waals surface area contributed by atoms with Gasteiger partial charge in [0.15, 0.2) is 0 Å². The average Bonchev–Trinajstić information content (AvgIpc) is 0.898. The minimum atomic E-state index is -4.60. The van der Waals surface area contributed by atoms with Crippen LogP contribution in [-0.2, 0) is 125 Å². The molecule has 0 unspecified atom stereocenters. The molecule has 1 aliphatic heterocycles. The Labute approximate surface area is 621 Å². The highest BCUT2D eigenvalue weighted by molar-refractivity contribution is 7.90. The van der Waals surface area contributed by atoms with Crippen LogP contribution in [0.1, 0.15) is 86.6 Å². The molecule has 4 N–H and O–H groups in total. The predicted molar refractivity (Wildman–Crippen MR) is 384 cm³/mol. The molecule has 7 aromatic carbocycles. The molecule has 0 saturated carbocycles. The monoisotopic (exact) mass is 1600 g/mol. The molecule has 0 aliphatic carbocycles. The van der Waals surface area contributed by atoms with Gasteiger partial charge < -0.3 is 33.4 Å². The van der Waals surface area contributed by atoms with Gasteiger partial charge in [-0.25, -0.2) is 47.9 Å². The van der Waals surface area contributed by atoms with Crippen LogP contribution in [0.25, 0.3) is 32.7 Å². The van der Waals surface area contributed by atoms with Gasteiger partial charge in [0, 0.05) is 73.5 Å². The van der Waals surface area contributed by atoms with E-state index in [0.29, 0.717) is 81.9 Å². The first-order chi connectivity index (χ1) is 50.9. The van der Waals surface area contributed by atoms with Crippen molar-refractivity contribution >= 4 is 90.8 Å². The number of aryl methyl sites for hydroxylation is 1. The number of nitrogens with one attached hydrogen (secondary N) is 2. The van der Waals surface area contributed by atoms with E-state index in [1.807, 2.05) is 9.44 Å². The van der Waals surface area contributed by atoms with E-state index < -0.39 is 144 Å². The quantitative estimate of drug-likeness (QED) is 0.0235. The lowest BCUT2D eigenvalue weighted by molar-refractivity contribution is -0.144. The molecule has 4 heterocycles. The number of likely N-dealkylation sites (N-methyl/N-ethyl adjacent to an activating group) is 1. The Balaban J connectivity index is 0.000000192. The van der Waals surface area contributed by atoms with Crippen molar-refractivity contribution in [1.82, 2.24) is 27.5 Å². The SMILES string of the molecule is CCOC(=O)Cn1c(C)c(Cc2ccc(S(=O)(=O)NC)c(C(F)(F)CO)c2)c2cc(F)ccc21.CCOC(=O)Cn1c(C)c(Cc2ccc(S(=O)(=O)NC)c(C(F)(F)COS(=O)(=O)c3ccc(C)cc3)c2)c2cc(F)ccc21.Cc1c(Cc2ccc3c(c2)C(F)(F)CN(C)S3(=O)=O)c2cc(F)ccc2n1CC(=O)O. The maximum atomic E-state index is 15.7. The van der Waals surface area contributed by atoms with Gasteiger partial charge in [0.2, 0.25) is 30.1 Å². The number of esters is 2. The fraction of sp³-hybridized carbons (Fsp3) is 0.311. The van der Waals surface area contributed by atoms with Crippen LogP contribution in [0.3, 0.4) is 0 Å². The third-order valence-electron chi connectivity index (χ3n) is 18.3. The third kappa shape index (κ3) is 18.1. The van der Waals surface area contributed by atoms with Crippen LogP contribution >= 0.6 is 0 Å². The van der Waals surface area contributed by atoms with Gasteiger partial charge in [-0.1, -0.05) is 35.9 Å². The number of carboxylic acid groups (broad SMARTS) is 1. The van der Waals surface area contributed by atoms with Crippen molar-refractivity contribution in [3.63, 3.8) is 0 Å². The van der Waals surface area contributed by atoms with Gasteiger partial charge in [-0.15, -0.1) is 0 Å². The zero-order valence-corrected chi connectivity index (χ0v) is 63.2. The molecule has 0 bridgehead atoms. The van der Waals surface area contributed by atoms with E-state index in [1.165, 1.54) is 108 Å². The fourth-order valence-electron chi connectivity index (χ4n) is 12.8. The van der Waals surface area contributed by atoms with Gasteiger partial charge in [0.25, 0.3) is 27.9 Å². The van der Waals surface area contributed by atoms with E-state index in [-0.39, 0.29) is 62.6 Å². The molecule has 1 aliphatic rings. The molecule has 0 atom stereocenters. The molecule has 0 amide bonds. The van der Waals surface area contributed by atoms with Crippen LogP contribution < -0.4 is 9.44 Å². The number of aliphatic hydroxyl groups excluding tert-OH is 1. The molecule has 0 radical (unpaired) electrons. The summed E-state index contributed by atoms with van der Waals surface area (Å²) in [5, 5.41) is 19.8. The Morgan fingerprint density at radius 2 is 0.936 bits per heavy atom. The molecule has 3 aromatic heterocycles. The number of halogens is 9. The van der Waals surface area contributed by atoms with Crippen LogP contribution in [0.4, 0.5) is 39.5 Å². The van der Waals surface area contributed by atoms with Crippen molar-refractivity contribution in [2.24, 2.45) is 0 Å². The molecule has 11 rings (SSSR count). The smallest absolute Gasteiger partial charge is 0.325 e. The number of hydrogen-bond acceptors (Lipinski definition) is 15. The Hall–Kier alpha value is -9.46. The normalized spacial score (nSPS) is 13.9. The summed E-state index contributed by atoms with van der Waals surface area (Å²) >= 11 is 0. The summed E-state index contributed by atoms with van der Waals surface area (Å²) in [6.07, 6.45) is 0.112. The number of nitrogens with zero attached hydrogens (tertiary/aromatic N) is 4. The summed E-state index contributed by atoms with van der Waals surface area (Å²) in [5.41, 5.74) is 4.32. The second-order valence-corrected chi connectivity index (χ2v) is 32.8. The van der Waals surface area contributed by atoms with E-state index >= 15 is 8.78 Å². The predicted octanol–water partition coefficient (Wildman–Crippen LogP) is 11.7. The van der Waals surface area contributed by atoms with E-state index in [0.717, 1.165) is 57.0 Å². The summed E-state index contributed by atoms with van der Waals surface area (Å²) in [7, 11) is -14.0. The van der Waals surface area contributed by atoms with Gasteiger partial charge in [0.1, 0.15) is 50.3 Å². The Morgan fingerprint density at radius 1 is 0.550 bits per heavy atom. The number of rotatable bonds is 25. The lowest BCUT2D eigenvalue weighted by Gasteiger charge is -2.31. The molecular weight excluding hydrogens is 1530 g/mol. The number of carboxylic acids is 1. The van der Waals surface area contributed by atoms with Crippen molar-refractivity contribution in [2.75, 3.05) is 54.1 Å². The highest BCUT2D eigenvalue weighted by Gasteiger charge is 2.47. The minimum absolute atomic E-state index is 0.0485. The number of alkyl halides is 6. The van der Waals surface area contributed by atoms with Crippen molar-refractivity contribution in [2.45, 2.75) is 118 Å². The number of benzene rings is 7. The van der Waals surface area contributed by atoms with Gasteiger partial charge in [0.05, 0.1) is 39.3 Å². The molecule has 0 saturated heterocycles. The lowest BCUT2D eigenvalue weighted by Crippen LogP contribution is -2.42. The number of carbonyl (C=O) groups is 3. The van der Waals surface area contributed by atoms with Gasteiger partial charge >= 0.3 is 17.9 Å². The number of aliphatic carboxylic acids is 1. The topological polar surface area (TPSA) is 298 Å². The van der Waals surface area contributed by atoms with Crippen LogP contribution in [-0.4, -0.2) is 134 Å². The van der Waals surface area contributed by atoms with E-state index in [1.54, 1.807) is 50.7 Å². The van der Waals surface area contributed by atoms with Crippen LogP contribution in [0.15, 0.2) is 153 Å². The number of ether oxygens (including phenoxy) is 2. The number of aliphatic hydroxyl groups is 1. The van der Waals surface area contributed by atoms with Crippen molar-refractivity contribution in [1.29, 1.82) is 0 Å². The van der Waals surface area contributed by atoms with Gasteiger partial charge in [-0.2, -0.15) is 39.1 Å². The first-order valence-corrected chi connectivity index (χ1v) is 39.1. The molecular formula is C74H75F9N6O16S4. The standard InChI is InChI=1S/C30H31F3N2O7S2.C23H25F3N2O5S.C21H19F3N2O4S/c1-5-41-29(36)17-35-20(3)24(25-16-22(31)9-12-27(25)35)14-21-8-13-28(43(37,38)34-4)26(15-21)30(32,33)18-42-44(39,40)23-10-6-19(2)7-11-23;1-4-33-22(30)12-28-14(2)17(18-11-16(24)6-7-20(18)28)9-15-5-8-21(34(31,32)27-3)19(10-15)23(25,26)13-29;1-12-15(16-9-14(22)4-5-18(16)26(12)10-20(27)28)7-13-3-6-19-17(8-13)21(23,24)11-25(2)31(19,29)30/h6-13,15-16,34H,5,14,17-18H2,1-4H3;5-8,10-11,27,29H,4,9,12-13H2,1-3H3;3-6,8-9H,7,10-11H2,1-2H3,(H,27,28). The molecule has 10 aromatic rings. The highest BCUT2D eigenvalue weighted by Crippen LogP contribution is 2.43. The summed E-state index contributed by atoms with van der Waals surface area (Å²) in [6.45, 7) is 5.69. The van der Waals surface area contributed by atoms with E-state index in [2.05, 4.69) is 0 Å². The molecule has 0 spiro atoms. The molecule has 584 valence electrons. The second kappa shape index (κ2) is 32.6. The first kappa shape index (κ1) is 83.6. The molecule has 0 fully saturated rings. The van der Waals surface area contributed by atoms with E-state index in [4.69, 9.17) is 13.7 Å². The summed E-state index contributed by atoms with van der Waals surface area (Å²) in [5.74, 6) is -14.9. The molecule has 109 heavy (non-hydrogen) atoms. The minimum Gasteiger partial charge on any atom is -0.480 e. The maximum Gasteiger partial charge on any atom is 0.325 e. The zero-order chi connectivity index (χ0) is 80.4. The van der Waals surface area contributed by atoms with Gasteiger partial charge in [-0.05, 0) is 211 Å². The highest BCUT2D eigenvalue weighted by atomic mass is 32.2. The van der Waals surface area contributed by atoms with Crippen LogP contribution in [0.5, 0.6) is 0 Å². The van der Waals surface area contributed by atoms with Crippen molar-refractivity contribution in [3.05, 3.63) is 224 Å². The summed E-state index contributed by atoms with van der Waals surface area (Å²) in [6, 6.07) is 27.9. The largest absolute Gasteiger partial charge is 0.480 e. The van der Waals surface area contributed by atoms with Crippen LogP contribution in [0, 0.1) is 45.1 Å². The Morgan fingerprint density at radius 3 is 1.32 bits per heavy atom. The second-order valence-electron chi connectivity index (χ2n) is 25.4. The zero-order valence-electron chi connectivity index (χ0n) is 59.9. The number of fused-ring (bicyclic) bond motifs is 4. The first-order valence-electron chi connectivity index (χ1n) is 33.2. The van der Waals surface area contributed by atoms with Crippen molar-refractivity contribution < 1.29 is 111 Å². The van der Waals surface area contributed by atoms with E-state index in [9.17, 15) is 89.0 Å². The van der Waals surface area contributed by atoms with Gasteiger partial charge in [-0.3, -0.25) is 18.6 Å². The summed E-state index contributed by atoms with van der Waals surface area (Å²) in [4.78, 5) is 33.5. The molecule has 22 nitrogen and oxygen atoms in total. The number of hydrogen-bond donors (Lipinski definition) is 4. The number of carbonyl (C=O) groups excluding carboxylic acids is 2. The maximum absolute atomic E-state index is 15.7. The Kier molecular flexibility index (Phi) is 25.0.